The van der Waals surface area contributed by atoms with Crippen molar-refractivity contribution in [1.29, 1.82) is 0 Å². The summed E-state index contributed by atoms with van der Waals surface area (Å²) < 4.78 is 4.33. The van der Waals surface area contributed by atoms with Gasteiger partial charge in [0.15, 0.2) is 0 Å². The van der Waals surface area contributed by atoms with Gasteiger partial charge in [0.25, 0.3) is 0 Å². The SMILES string of the molecule is O=C(C1CC1)N1CC[C@H](Cn2c(-c3ccc(-c4ccn5ccnc5c4)cc3)nc3cnccc32)C1. The second-order valence-electron chi connectivity index (χ2n) is 9.81. The second-order valence-corrected chi connectivity index (χ2v) is 9.81. The van der Waals surface area contributed by atoms with E-state index in [1.807, 2.05) is 41.5 Å². The average Bonchev–Trinajstić information content (AvgIpc) is 3.30. The number of likely N-dealkylation sites (tertiary alicyclic amines) is 1. The smallest absolute Gasteiger partial charge is 0.225 e. The second kappa shape index (κ2) is 8.05. The summed E-state index contributed by atoms with van der Waals surface area (Å²) in [5, 5.41) is 0. The zero-order valence-corrected chi connectivity index (χ0v) is 19.4. The van der Waals surface area contributed by atoms with Crippen LogP contribution in [0.3, 0.4) is 0 Å². The first-order valence-corrected chi connectivity index (χ1v) is 12.4. The van der Waals surface area contributed by atoms with E-state index in [0.717, 1.165) is 78.1 Å². The van der Waals surface area contributed by atoms with Gasteiger partial charge in [0.05, 0.1) is 11.7 Å². The van der Waals surface area contributed by atoms with Gasteiger partial charge in [-0.05, 0) is 54.5 Å². The molecule has 1 aliphatic heterocycles. The average molecular weight is 463 g/mol. The number of aromatic nitrogens is 5. The molecule has 4 aromatic heterocycles. The molecule has 1 aromatic carbocycles. The normalized spacial score (nSPS) is 18.1. The number of hydrogen-bond donors (Lipinski definition) is 0. The molecule has 1 saturated heterocycles. The highest BCUT2D eigenvalue weighted by atomic mass is 16.2. The van der Waals surface area contributed by atoms with Crippen LogP contribution in [0.5, 0.6) is 0 Å². The number of carbonyl (C=O) groups excluding carboxylic acids is 1. The quantitative estimate of drug-likeness (QED) is 0.381. The molecule has 0 radical (unpaired) electrons. The van der Waals surface area contributed by atoms with E-state index in [4.69, 9.17) is 4.98 Å². The summed E-state index contributed by atoms with van der Waals surface area (Å²) in [5.41, 5.74) is 6.30. The van der Waals surface area contributed by atoms with Crippen molar-refractivity contribution in [3.63, 3.8) is 0 Å². The highest BCUT2D eigenvalue weighted by molar-refractivity contribution is 5.82. The van der Waals surface area contributed by atoms with E-state index in [9.17, 15) is 4.79 Å². The molecule has 7 rings (SSSR count). The van der Waals surface area contributed by atoms with Gasteiger partial charge >= 0.3 is 0 Å². The Bertz CT molecular complexity index is 1550. The molecule has 0 spiro atoms. The standard InChI is InChI=1S/C28H26N6O/c35-28(22-5-6-22)33-12-8-19(17-33)18-34-25-7-10-29-16-24(25)31-27(34)21-3-1-20(2-4-21)23-9-13-32-14-11-30-26(32)15-23/h1-4,7,9-11,13-16,19,22H,5-6,8,12,17-18H2/t19-/m0/s1. The van der Waals surface area contributed by atoms with Crippen LogP contribution in [0.25, 0.3) is 39.2 Å². The van der Waals surface area contributed by atoms with Crippen LogP contribution in [-0.4, -0.2) is 47.8 Å². The summed E-state index contributed by atoms with van der Waals surface area (Å²) >= 11 is 0. The minimum Gasteiger partial charge on any atom is -0.342 e. The number of fused-ring (bicyclic) bond motifs is 2. The number of benzene rings is 1. The van der Waals surface area contributed by atoms with Gasteiger partial charge in [-0.3, -0.25) is 9.78 Å². The van der Waals surface area contributed by atoms with Crippen LogP contribution in [0.4, 0.5) is 0 Å². The Labute approximate surface area is 203 Å². The first kappa shape index (κ1) is 20.4. The maximum atomic E-state index is 12.6. The molecule has 2 aliphatic rings. The molecule has 1 saturated carbocycles. The van der Waals surface area contributed by atoms with E-state index < -0.39 is 0 Å². The molecule has 1 atom stereocenters. The zero-order chi connectivity index (χ0) is 23.4. The maximum Gasteiger partial charge on any atom is 0.225 e. The number of carbonyl (C=O) groups is 1. The van der Waals surface area contributed by atoms with Crippen LogP contribution in [0.15, 0.2) is 73.4 Å². The van der Waals surface area contributed by atoms with Crippen molar-refractivity contribution < 1.29 is 4.79 Å². The number of rotatable bonds is 5. The summed E-state index contributed by atoms with van der Waals surface area (Å²) in [6.07, 6.45) is 12.6. The Kier molecular flexibility index (Phi) is 4.68. The Morgan fingerprint density at radius 1 is 0.943 bits per heavy atom. The molecule has 2 fully saturated rings. The van der Waals surface area contributed by atoms with E-state index >= 15 is 0 Å². The molecular formula is C28H26N6O. The Balaban J connectivity index is 1.19. The van der Waals surface area contributed by atoms with Crippen molar-refractivity contribution in [2.24, 2.45) is 11.8 Å². The van der Waals surface area contributed by atoms with Crippen LogP contribution < -0.4 is 0 Å². The Morgan fingerprint density at radius 2 is 1.80 bits per heavy atom. The van der Waals surface area contributed by atoms with Crippen molar-refractivity contribution in [3.05, 3.63) is 73.4 Å². The summed E-state index contributed by atoms with van der Waals surface area (Å²) in [5.74, 6) is 2.03. The largest absolute Gasteiger partial charge is 0.342 e. The van der Waals surface area contributed by atoms with Crippen LogP contribution in [0.1, 0.15) is 19.3 Å². The van der Waals surface area contributed by atoms with Gasteiger partial charge in [-0.25, -0.2) is 9.97 Å². The van der Waals surface area contributed by atoms with E-state index in [-0.39, 0.29) is 5.92 Å². The third-order valence-corrected chi connectivity index (χ3v) is 7.39. The van der Waals surface area contributed by atoms with Crippen LogP contribution in [0.2, 0.25) is 0 Å². The summed E-state index contributed by atoms with van der Waals surface area (Å²) in [7, 11) is 0. The molecule has 0 bridgehead atoms. The minimum absolute atomic E-state index is 0.289. The molecule has 7 heteroatoms. The molecule has 5 heterocycles. The Morgan fingerprint density at radius 3 is 2.66 bits per heavy atom. The molecule has 7 nitrogen and oxygen atoms in total. The topological polar surface area (TPSA) is 68.3 Å². The maximum absolute atomic E-state index is 12.6. The molecule has 0 N–H and O–H groups in total. The van der Waals surface area contributed by atoms with E-state index in [2.05, 4.69) is 55.8 Å². The van der Waals surface area contributed by atoms with Crippen molar-refractivity contribution >= 4 is 22.6 Å². The third kappa shape index (κ3) is 3.67. The first-order chi connectivity index (χ1) is 17.2. The third-order valence-electron chi connectivity index (χ3n) is 7.39. The highest BCUT2D eigenvalue weighted by Crippen LogP contribution is 2.34. The number of pyridine rings is 2. The Hall–Kier alpha value is -4.00. The number of hydrogen-bond acceptors (Lipinski definition) is 4. The monoisotopic (exact) mass is 462 g/mol. The summed E-state index contributed by atoms with van der Waals surface area (Å²) in [6.45, 7) is 2.57. The van der Waals surface area contributed by atoms with Gasteiger partial charge in [0.1, 0.15) is 17.0 Å². The lowest BCUT2D eigenvalue weighted by Gasteiger charge is -2.18. The number of imidazole rings is 2. The van der Waals surface area contributed by atoms with E-state index in [0.29, 0.717) is 11.8 Å². The van der Waals surface area contributed by atoms with Crippen molar-refractivity contribution in [2.45, 2.75) is 25.8 Å². The summed E-state index contributed by atoms with van der Waals surface area (Å²) in [6, 6.07) is 14.9. The van der Waals surface area contributed by atoms with Gasteiger partial charge in [0, 0.05) is 55.9 Å². The lowest BCUT2D eigenvalue weighted by molar-refractivity contribution is -0.131. The predicted octanol–water partition coefficient (Wildman–Crippen LogP) is 4.67. The van der Waals surface area contributed by atoms with Gasteiger partial charge < -0.3 is 13.9 Å². The molecule has 174 valence electrons. The molecule has 35 heavy (non-hydrogen) atoms. The number of amides is 1. The molecule has 1 amide bonds. The van der Waals surface area contributed by atoms with Crippen molar-refractivity contribution in [1.82, 2.24) is 28.8 Å². The van der Waals surface area contributed by atoms with Crippen LogP contribution in [-0.2, 0) is 11.3 Å². The molecule has 0 unspecified atom stereocenters. The lowest BCUT2D eigenvalue weighted by atomic mass is 10.0. The van der Waals surface area contributed by atoms with Gasteiger partial charge in [0.2, 0.25) is 5.91 Å². The van der Waals surface area contributed by atoms with E-state index in [1.54, 1.807) is 0 Å². The fraction of sp³-hybridized carbons (Fsp3) is 0.286. The molecular weight excluding hydrogens is 436 g/mol. The molecule has 5 aromatic rings. The first-order valence-electron chi connectivity index (χ1n) is 12.4. The van der Waals surface area contributed by atoms with Crippen LogP contribution >= 0.6 is 0 Å². The van der Waals surface area contributed by atoms with Crippen molar-refractivity contribution in [2.75, 3.05) is 13.1 Å². The fourth-order valence-electron chi connectivity index (χ4n) is 5.32. The van der Waals surface area contributed by atoms with Gasteiger partial charge in [-0.1, -0.05) is 24.3 Å². The summed E-state index contributed by atoms with van der Waals surface area (Å²) in [4.78, 5) is 28.3. The van der Waals surface area contributed by atoms with Gasteiger partial charge in [-0.15, -0.1) is 0 Å². The number of nitrogens with zero attached hydrogens (tertiary/aromatic N) is 6. The fourth-order valence-corrected chi connectivity index (χ4v) is 5.32. The van der Waals surface area contributed by atoms with Crippen molar-refractivity contribution in [3.8, 4) is 22.5 Å². The van der Waals surface area contributed by atoms with Gasteiger partial charge in [-0.2, -0.15) is 0 Å². The zero-order valence-electron chi connectivity index (χ0n) is 19.4. The predicted molar refractivity (Wildman–Crippen MR) is 135 cm³/mol. The minimum atomic E-state index is 0.289. The highest BCUT2D eigenvalue weighted by Gasteiger charge is 2.36. The van der Waals surface area contributed by atoms with Crippen LogP contribution in [0, 0.1) is 11.8 Å². The molecule has 1 aliphatic carbocycles. The lowest BCUT2D eigenvalue weighted by Crippen LogP contribution is -2.30. The van der Waals surface area contributed by atoms with E-state index in [1.165, 1.54) is 0 Å².